The molecule has 0 fully saturated rings. The quantitative estimate of drug-likeness (QED) is 0.660. The molecule has 100 valence electrons. The highest BCUT2D eigenvalue weighted by atomic mass is 15.0. The molecule has 2 aromatic heterocycles. The van der Waals surface area contributed by atoms with Crippen LogP contribution in [0.1, 0.15) is 25.1 Å². The third-order valence-electron chi connectivity index (χ3n) is 3.06. The fraction of sp³-hybridized carbons (Fsp3) is 0.176. The van der Waals surface area contributed by atoms with E-state index in [0.29, 0.717) is 5.56 Å². The Kier molecular flexibility index (Phi) is 4.17. The number of hydrogen-bond acceptors (Lipinski definition) is 2. The predicted octanol–water partition coefficient (Wildman–Crippen LogP) is 4.21. The summed E-state index contributed by atoms with van der Waals surface area (Å²) in [6.45, 7) is 6.05. The smallest absolute Gasteiger partial charge is 0.137 e. The van der Waals surface area contributed by atoms with Gasteiger partial charge in [-0.25, -0.2) is 4.98 Å². The van der Waals surface area contributed by atoms with Gasteiger partial charge in [0, 0.05) is 17.5 Å². The van der Waals surface area contributed by atoms with Gasteiger partial charge in [-0.2, -0.15) is 5.26 Å². The van der Waals surface area contributed by atoms with Gasteiger partial charge in [0.25, 0.3) is 0 Å². The minimum atomic E-state index is 0.667. The minimum Gasteiger partial charge on any atom is -0.304 e. The first-order valence-electron chi connectivity index (χ1n) is 6.74. The van der Waals surface area contributed by atoms with Crippen LogP contribution >= 0.6 is 0 Å². The molecule has 3 nitrogen and oxygen atoms in total. The molecule has 0 spiro atoms. The Morgan fingerprint density at radius 2 is 1.75 bits per heavy atom. The zero-order chi connectivity index (χ0) is 14.5. The van der Waals surface area contributed by atoms with Gasteiger partial charge in [0.15, 0.2) is 0 Å². The number of aryl methyl sites for hydroxylation is 1. The number of nitrogens with zero attached hydrogens (tertiary/aromatic N) is 3. The first-order valence-corrected chi connectivity index (χ1v) is 6.74. The molecule has 0 aliphatic heterocycles. The summed E-state index contributed by atoms with van der Waals surface area (Å²) in [5.74, 6) is 0. The lowest BCUT2D eigenvalue weighted by atomic mass is 10.1. The summed E-state index contributed by atoms with van der Waals surface area (Å²) in [5, 5.41) is 8.80. The van der Waals surface area contributed by atoms with Gasteiger partial charge in [-0.15, -0.1) is 0 Å². The van der Waals surface area contributed by atoms with Crippen molar-refractivity contribution in [3.05, 3.63) is 59.9 Å². The summed E-state index contributed by atoms with van der Waals surface area (Å²) in [7, 11) is 0. The van der Waals surface area contributed by atoms with Gasteiger partial charge in [-0.05, 0) is 31.2 Å². The Labute approximate surface area is 119 Å². The molecule has 0 atom stereocenters. The molecule has 0 aliphatic rings. The standard InChI is InChI=1S/C15H11N3.C2H6/c1-11-15(13-7-5-12(10-16)6-8-13)17-14-4-2-3-9-18(11)14;1-2/h2-9H,1H3;1-2H3. The van der Waals surface area contributed by atoms with Crippen molar-refractivity contribution in [3.8, 4) is 17.3 Å². The zero-order valence-electron chi connectivity index (χ0n) is 12.0. The summed E-state index contributed by atoms with van der Waals surface area (Å²) in [4.78, 5) is 4.62. The van der Waals surface area contributed by atoms with E-state index in [2.05, 4.69) is 15.5 Å². The average molecular weight is 263 g/mol. The van der Waals surface area contributed by atoms with Crippen LogP contribution < -0.4 is 0 Å². The largest absolute Gasteiger partial charge is 0.304 e. The first kappa shape index (κ1) is 13.8. The summed E-state index contributed by atoms with van der Waals surface area (Å²) < 4.78 is 2.06. The van der Waals surface area contributed by atoms with Crippen LogP contribution in [-0.2, 0) is 0 Å². The van der Waals surface area contributed by atoms with Crippen LogP contribution in [0.4, 0.5) is 0 Å². The van der Waals surface area contributed by atoms with Gasteiger partial charge in [-0.3, -0.25) is 0 Å². The molecule has 0 amide bonds. The second-order valence-corrected chi connectivity index (χ2v) is 4.16. The predicted molar refractivity (Wildman–Crippen MR) is 81.4 cm³/mol. The van der Waals surface area contributed by atoms with Crippen LogP contribution in [0.25, 0.3) is 16.9 Å². The third kappa shape index (κ3) is 2.41. The molecule has 3 aromatic rings. The molecule has 0 aliphatic carbocycles. The van der Waals surface area contributed by atoms with E-state index in [1.54, 1.807) is 0 Å². The topological polar surface area (TPSA) is 41.1 Å². The fourth-order valence-electron chi connectivity index (χ4n) is 2.09. The van der Waals surface area contributed by atoms with Crippen molar-refractivity contribution in [1.29, 1.82) is 5.26 Å². The highest BCUT2D eigenvalue weighted by Gasteiger charge is 2.09. The van der Waals surface area contributed by atoms with Crippen LogP contribution in [0.2, 0.25) is 0 Å². The number of pyridine rings is 1. The number of fused-ring (bicyclic) bond motifs is 1. The van der Waals surface area contributed by atoms with Gasteiger partial charge in [0.2, 0.25) is 0 Å². The Morgan fingerprint density at radius 1 is 1.05 bits per heavy atom. The molecular formula is C17H17N3. The average Bonchev–Trinajstić information content (AvgIpc) is 2.87. The van der Waals surface area contributed by atoms with Crippen LogP contribution in [0.15, 0.2) is 48.7 Å². The van der Waals surface area contributed by atoms with Crippen LogP contribution in [-0.4, -0.2) is 9.38 Å². The molecule has 0 radical (unpaired) electrons. The molecular weight excluding hydrogens is 246 g/mol. The van der Waals surface area contributed by atoms with E-state index in [-0.39, 0.29) is 0 Å². The van der Waals surface area contributed by atoms with Crippen LogP contribution in [0.3, 0.4) is 0 Å². The van der Waals surface area contributed by atoms with Gasteiger partial charge in [0.05, 0.1) is 17.3 Å². The molecule has 0 saturated carbocycles. The van der Waals surface area contributed by atoms with Gasteiger partial charge < -0.3 is 4.40 Å². The SMILES string of the molecule is CC.Cc1c(-c2ccc(C#N)cc2)nc2ccccn12. The fourth-order valence-corrected chi connectivity index (χ4v) is 2.09. The van der Waals surface area contributed by atoms with Crippen molar-refractivity contribution in [1.82, 2.24) is 9.38 Å². The van der Waals surface area contributed by atoms with Crippen molar-refractivity contribution >= 4 is 5.65 Å². The van der Waals surface area contributed by atoms with Crippen LogP contribution in [0.5, 0.6) is 0 Å². The monoisotopic (exact) mass is 263 g/mol. The van der Waals surface area contributed by atoms with Crippen LogP contribution in [0, 0.1) is 18.3 Å². The molecule has 3 heteroatoms. The maximum absolute atomic E-state index is 8.80. The normalized spacial score (nSPS) is 9.70. The van der Waals surface area contributed by atoms with Gasteiger partial charge in [0.1, 0.15) is 5.65 Å². The van der Waals surface area contributed by atoms with Gasteiger partial charge in [-0.1, -0.05) is 32.0 Å². The number of benzene rings is 1. The second-order valence-electron chi connectivity index (χ2n) is 4.16. The summed E-state index contributed by atoms with van der Waals surface area (Å²) >= 11 is 0. The lowest BCUT2D eigenvalue weighted by Crippen LogP contribution is -1.86. The Balaban J connectivity index is 0.000000704. The van der Waals surface area contributed by atoms with Gasteiger partial charge >= 0.3 is 0 Å². The number of aromatic nitrogens is 2. The maximum Gasteiger partial charge on any atom is 0.137 e. The van der Waals surface area contributed by atoms with E-state index in [9.17, 15) is 0 Å². The van der Waals surface area contributed by atoms with Crippen molar-refractivity contribution in [2.24, 2.45) is 0 Å². The molecule has 2 heterocycles. The summed E-state index contributed by atoms with van der Waals surface area (Å²) in [6, 6.07) is 15.6. The molecule has 3 rings (SSSR count). The van der Waals surface area contributed by atoms with E-state index >= 15 is 0 Å². The van der Waals surface area contributed by atoms with Crippen molar-refractivity contribution in [2.45, 2.75) is 20.8 Å². The van der Waals surface area contributed by atoms with E-state index in [0.717, 1.165) is 22.6 Å². The number of rotatable bonds is 1. The zero-order valence-corrected chi connectivity index (χ0v) is 12.0. The van der Waals surface area contributed by atoms with E-state index in [4.69, 9.17) is 5.26 Å². The van der Waals surface area contributed by atoms with E-state index < -0.39 is 0 Å². The lowest BCUT2D eigenvalue weighted by molar-refractivity contribution is 1.11. The molecule has 0 bridgehead atoms. The van der Waals surface area contributed by atoms with Crippen molar-refractivity contribution in [3.63, 3.8) is 0 Å². The first-order chi connectivity index (χ1) is 9.79. The van der Waals surface area contributed by atoms with Crippen molar-refractivity contribution < 1.29 is 0 Å². The minimum absolute atomic E-state index is 0.667. The second kappa shape index (κ2) is 6.03. The number of hydrogen-bond donors (Lipinski definition) is 0. The molecule has 20 heavy (non-hydrogen) atoms. The Morgan fingerprint density at radius 3 is 2.35 bits per heavy atom. The molecule has 0 N–H and O–H groups in total. The highest BCUT2D eigenvalue weighted by molar-refractivity contribution is 5.66. The summed E-state index contributed by atoms with van der Waals surface area (Å²) in [5.41, 5.74) is 4.71. The van der Waals surface area contributed by atoms with E-state index in [1.165, 1.54) is 0 Å². The third-order valence-corrected chi connectivity index (χ3v) is 3.06. The summed E-state index contributed by atoms with van der Waals surface area (Å²) in [6.07, 6.45) is 2.00. The van der Waals surface area contributed by atoms with Crippen molar-refractivity contribution in [2.75, 3.05) is 0 Å². The molecule has 1 aromatic carbocycles. The highest BCUT2D eigenvalue weighted by Crippen LogP contribution is 2.23. The Hall–Kier alpha value is -2.60. The Bertz CT molecular complexity index is 746. The molecule has 0 unspecified atom stereocenters. The maximum atomic E-state index is 8.80. The molecule has 0 saturated heterocycles. The number of nitriles is 1. The number of imidazole rings is 1. The van der Waals surface area contributed by atoms with E-state index in [1.807, 2.05) is 69.4 Å². The lowest BCUT2D eigenvalue weighted by Gasteiger charge is -1.99.